The van der Waals surface area contributed by atoms with Crippen LogP contribution < -0.4 is 5.48 Å². The van der Waals surface area contributed by atoms with E-state index in [1.165, 1.54) is 0 Å². The van der Waals surface area contributed by atoms with E-state index in [9.17, 15) is 0 Å². The van der Waals surface area contributed by atoms with Gasteiger partial charge in [-0.2, -0.15) is 0 Å². The molecule has 0 rings (SSSR count). The van der Waals surface area contributed by atoms with Gasteiger partial charge in [-0.25, -0.2) is 5.48 Å². The van der Waals surface area contributed by atoms with E-state index in [0.29, 0.717) is 12.5 Å². The summed E-state index contributed by atoms with van der Waals surface area (Å²) >= 11 is 0. The van der Waals surface area contributed by atoms with Crippen molar-refractivity contribution < 1.29 is 9.57 Å². The molecule has 0 radical (unpaired) electrons. The first-order valence-corrected chi connectivity index (χ1v) is 3.08. The summed E-state index contributed by atoms with van der Waals surface area (Å²) in [6.45, 7) is 3.52. The van der Waals surface area contributed by atoms with Gasteiger partial charge in [0.05, 0.1) is 13.2 Å². The van der Waals surface area contributed by atoms with Crippen LogP contribution in [0.1, 0.15) is 6.92 Å². The van der Waals surface area contributed by atoms with Gasteiger partial charge in [0.25, 0.3) is 0 Å². The first-order chi connectivity index (χ1) is 4.31. The van der Waals surface area contributed by atoms with Gasteiger partial charge in [0.1, 0.15) is 0 Å². The zero-order valence-corrected chi connectivity index (χ0v) is 6.31. The fourth-order valence-corrected chi connectivity index (χ4v) is 0.558. The first-order valence-electron chi connectivity index (χ1n) is 3.08. The third kappa shape index (κ3) is 5.76. The van der Waals surface area contributed by atoms with E-state index in [1.807, 2.05) is 0 Å². The summed E-state index contributed by atoms with van der Waals surface area (Å²) in [5.74, 6) is 0.461. The highest BCUT2D eigenvalue weighted by Gasteiger charge is 1.98. The predicted molar refractivity (Wildman–Crippen MR) is 36.1 cm³/mol. The Morgan fingerprint density at radius 3 is 2.56 bits per heavy atom. The number of nitrogens with one attached hydrogen (secondary N) is 1. The van der Waals surface area contributed by atoms with E-state index in [2.05, 4.69) is 12.4 Å². The van der Waals surface area contributed by atoms with Crippen molar-refractivity contribution in [2.24, 2.45) is 5.92 Å². The highest BCUT2D eigenvalue weighted by molar-refractivity contribution is 4.45. The Balaban J connectivity index is 2.95. The van der Waals surface area contributed by atoms with Crippen molar-refractivity contribution in [3.8, 4) is 0 Å². The Hall–Kier alpha value is -0.120. The predicted octanol–water partition coefficient (Wildman–Crippen LogP) is 0.420. The topological polar surface area (TPSA) is 30.5 Å². The summed E-state index contributed by atoms with van der Waals surface area (Å²) < 4.78 is 4.89. The largest absolute Gasteiger partial charge is 0.384 e. The van der Waals surface area contributed by atoms with Crippen LogP contribution in [0.25, 0.3) is 0 Å². The van der Waals surface area contributed by atoms with Gasteiger partial charge in [-0.3, -0.25) is 0 Å². The van der Waals surface area contributed by atoms with E-state index in [4.69, 9.17) is 9.57 Å². The van der Waals surface area contributed by atoms with Crippen molar-refractivity contribution in [3.63, 3.8) is 0 Å². The third-order valence-corrected chi connectivity index (χ3v) is 0.963. The fraction of sp³-hybridized carbons (Fsp3) is 1.00. The first kappa shape index (κ1) is 8.88. The molecule has 0 amide bonds. The van der Waals surface area contributed by atoms with Crippen LogP contribution in [0, 0.1) is 5.92 Å². The molecule has 0 aromatic rings. The molecule has 0 saturated carbocycles. The smallest absolute Gasteiger partial charge is 0.0729 e. The van der Waals surface area contributed by atoms with Gasteiger partial charge in [0, 0.05) is 20.1 Å². The number of methoxy groups -OCH3 is 1. The van der Waals surface area contributed by atoms with Gasteiger partial charge < -0.3 is 9.57 Å². The lowest BCUT2D eigenvalue weighted by atomic mass is 10.2. The minimum atomic E-state index is 0.461. The Labute approximate surface area is 56.3 Å². The average Bonchev–Trinajstić information content (AvgIpc) is 1.85. The van der Waals surface area contributed by atoms with E-state index in [0.717, 1.165) is 6.61 Å². The number of hydrogen-bond acceptors (Lipinski definition) is 3. The van der Waals surface area contributed by atoms with Crippen LogP contribution in [-0.2, 0) is 9.57 Å². The van der Waals surface area contributed by atoms with Crippen LogP contribution in [0.2, 0.25) is 0 Å². The van der Waals surface area contributed by atoms with E-state index in [1.54, 1.807) is 14.2 Å². The molecule has 0 aliphatic rings. The minimum Gasteiger partial charge on any atom is -0.384 e. The summed E-state index contributed by atoms with van der Waals surface area (Å²) in [7, 11) is 3.44. The Kier molecular flexibility index (Phi) is 5.93. The Morgan fingerprint density at radius 1 is 1.44 bits per heavy atom. The van der Waals surface area contributed by atoms with Crippen LogP contribution in [-0.4, -0.2) is 27.4 Å². The monoisotopic (exact) mass is 133 g/mol. The van der Waals surface area contributed by atoms with Gasteiger partial charge in [0.2, 0.25) is 0 Å². The Bertz CT molecular complexity index is 59.0. The van der Waals surface area contributed by atoms with Gasteiger partial charge in [-0.05, 0) is 0 Å². The molecule has 56 valence electrons. The summed E-state index contributed by atoms with van der Waals surface area (Å²) in [6.07, 6.45) is 0. The summed E-state index contributed by atoms with van der Waals surface area (Å²) in [5, 5.41) is 0. The lowest BCUT2D eigenvalue weighted by molar-refractivity contribution is 0.0146. The molecule has 0 bridgehead atoms. The molecule has 3 heteroatoms. The lowest BCUT2D eigenvalue weighted by Crippen LogP contribution is -2.17. The second-order valence-corrected chi connectivity index (χ2v) is 2.08. The van der Waals surface area contributed by atoms with Gasteiger partial charge in [0.15, 0.2) is 0 Å². The van der Waals surface area contributed by atoms with E-state index in [-0.39, 0.29) is 0 Å². The molecule has 0 heterocycles. The second-order valence-electron chi connectivity index (χ2n) is 2.08. The van der Waals surface area contributed by atoms with Crippen molar-refractivity contribution in [3.05, 3.63) is 0 Å². The molecule has 1 N–H and O–H groups in total. The van der Waals surface area contributed by atoms with Crippen molar-refractivity contribution in [2.45, 2.75) is 6.92 Å². The normalized spacial score (nSPS) is 13.7. The summed E-state index contributed by atoms with van der Waals surface area (Å²) in [4.78, 5) is 4.92. The van der Waals surface area contributed by atoms with Gasteiger partial charge in [-0.1, -0.05) is 6.92 Å². The van der Waals surface area contributed by atoms with Crippen LogP contribution in [0.15, 0.2) is 0 Å². The summed E-state index contributed by atoms with van der Waals surface area (Å²) in [5.41, 5.74) is 2.60. The fourth-order valence-electron chi connectivity index (χ4n) is 0.558. The quantitative estimate of drug-likeness (QED) is 0.551. The average molecular weight is 133 g/mol. The number of hydroxylamine groups is 1. The minimum absolute atomic E-state index is 0.461. The maximum absolute atomic E-state index is 4.92. The molecule has 1 unspecified atom stereocenters. The molecule has 0 aliphatic carbocycles. The van der Waals surface area contributed by atoms with Crippen molar-refractivity contribution in [1.29, 1.82) is 0 Å². The zero-order valence-electron chi connectivity index (χ0n) is 6.31. The molecule has 1 atom stereocenters. The standard InChI is InChI=1S/C6H15NO2/c1-6(4-8-3)5-9-7-2/h6-7H,4-5H2,1-3H3. The molecule has 3 nitrogen and oxygen atoms in total. The SMILES string of the molecule is CNOCC(C)COC. The van der Waals surface area contributed by atoms with Crippen LogP contribution in [0.4, 0.5) is 0 Å². The molecular weight excluding hydrogens is 118 g/mol. The van der Waals surface area contributed by atoms with E-state index < -0.39 is 0 Å². The number of hydrogen-bond donors (Lipinski definition) is 1. The molecule has 0 aromatic carbocycles. The number of ether oxygens (including phenoxy) is 1. The summed E-state index contributed by atoms with van der Waals surface area (Å²) in [6, 6.07) is 0. The second kappa shape index (κ2) is 6.01. The molecule has 0 aromatic heterocycles. The molecule has 0 aliphatic heterocycles. The maximum atomic E-state index is 4.92. The third-order valence-electron chi connectivity index (χ3n) is 0.963. The van der Waals surface area contributed by atoms with E-state index >= 15 is 0 Å². The van der Waals surface area contributed by atoms with Gasteiger partial charge >= 0.3 is 0 Å². The Morgan fingerprint density at radius 2 is 2.11 bits per heavy atom. The van der Waals surface area contributed by atoms with Crippen molar-refractivity contribution >= 4 is 0 Å². The van der Waals surface area contributed by atoms with Crippen molar-refractivity contribution in [2.75, 3.05) is 27.4 Å². The molecule has 0 spiro atoms. The molecule has 0 saturated heterocycles. The highest BCUT2D eigenvalue weighted by Crippen LogP contribution is 1.93. The van der Waals surface area contributed by atoms with Crippen molar-refractivity contribution in [1.82, 2.24) is 5.48 Å². The molecule has 9 heavy (non-hydrogen) atoms. The molecule has 0 fully saturated rings. The lowest BCUT2D eigenvalue weighted by Gasteiger charge is -2.08. The van der Waals surface area contributed by atoms with Crippen LogP contribution >= 0.6 is 0 Å². The molecular formula is C6H15NO2. The van der Waals surface area contributed by atoms with Gasteiger partial charge in [-0.15, -0.1) is 0 Å². The van der Waals surface area contributed by atoms with Crippen LogP contribution in [0.5, 0.6) is 0 Å². The van der Waals surface area contributed by atoms with Crippen LogP contribution in [0.3, 0.4) is 0 Å². The number of rotatable bonds is 5. The zero-order chi connectivity index (χ0) is 7.11. The highest BCUT2D eigenvalue weighted by atomic mass is 16.6. The maximum Gasteiger partial charge on any atom is 0.0729 e.